The molecule has 0 bridgehead atoms. The third-order valence-electron chi connectivity index (χ3n) is 4.50. The SMILES string of the molecule is COc1ccc(Cl)c(Nc2nc3ccccc3nc2NSc2cccc(C(C)=O)c2)c1. The van der Waals surface area contributed by atoms with Crippen LogP contribution in [-0.4, -0.2) is 22.9 Å². The van der Waals surface area contributed by atoms with E-state index in [4.69, 9.17) is 26.3 Å². The van der Waals surface area contributed by atoms with Gasteiger partial charge in [0, 0.05) is 16.5 Å². The van der Waals surface area contributed by atoms with Crippen molar-refractivity contribution in [1.29, 1.82) is 0 Å². The molecule has 0 amide bonds. The molecule has 156 valence electrons. The first-order valence-corrected chi connectivity index (χ1v) is 10.6. The molecule has 4 rings (SSSR count). The maximum Gasteiger partial charge on any atom is 0.180 e. The van der Waals surface area contributed by atoms with Crippen LogP contribution in [0, 0.1) is 0 Å². The van der Waals surface area contributed by atoms with Crippen molar-refractivity contribution in [1.82, 2.24) is 9.97 Å². The van der Waals surface area contributed by atoms with Crippen LogP contribution in [0.1, 0.15) is 17.3 Å². The highest BCUT2D eigenvalue weighted by Gasteiger charge is 2.12. The Labute approximate surface area is 189 Å². The van der Waals surface area contributed by atoms with Crippen molar-refractivity contribution < 1.29 is 9.53 Å². The zero-order valence-electron chi connectivity index (χ0n) is 16.8. The van der Waals surface area contributed by atoms with Crippen LogP contribution in [0.25, 0.3) is 11.0 Å². The fraction of sp³-hybridized carbons (Fsp3) is 0.0870. The maximum atomic E-state index is 11.7. The number of hydrogen-bond acceptors (Lipinski definition) is 7. The minimum Gasteiger partial charge on any atom is -0.497 e. The number of rotatable bonds is 7. The summed E-state index contributed by atoms with van der Waals surface area (Å²) in [5.41, 5.74) is 2.80. The van der Waals surface area contributed by atoms with E-state index in [2.05, 4.69) is 10.0 Å². The van der Waals surface area contributed by atoms with Gasteiger partial charge in [0.25, 0.3) is 0 Å². The van der Waals surface area contributed by atoms with E-state index in [9.17, 15) is 4.79 Å². The topological polar surface area (TPSA) is 76.1 Å². The second kappa shape index (κ2) is 9.24. The van der Waals surface area contributed by atoms with Crippen LogP contribution in [0.3, 0.4) is 0 Å². The summed E-state index contributed by atoms with van der Waals surface area (Å²) in [4.78, 5) is 22.0. The first-order chi connectivity index (χ1) is 15.0. The van der Waals surface area contributed by atoms with Crippen LogP contribution < -0.4 is 14.8 Å². The maximum absolute atomic E-state index is 11.7. The molecular formula is C23H19ClN4O2S. The number of halogens is 1. The van der Waals surface area contributed by atoms with Gasteiger partial charge < -0.3 is 14.8 Å². The van der Waals surface area contributed by atoms with Crippen molar-refractivity contribution in [3.63, 3.8) is 0 Å². The molecule has 0 fully saturated rings. The van der Waals surface area contributed by atoms with Crippen molar-refractivity contribution in [3.8, 4) is 5.75 Å². The molecule has 0 unspecified atom stereocenters. The number of aromatic nitrogens is 2. The molecule has 2 N–H and O–H groups in total. The highest BCUT2D eigenvalue weighted by molar-refractivity contribution is 8.00. The quantitative estimate of drug-likeness (QED) is 0.250. The van der Waals surface area contributed by atoms with Crippen LogP contribution >= 0.6 is 23.5 Å². The zero-order chi connectivity index (χ0) is 21.8. The number of hydrogen-bond donors (Lipinski definition) is 2. The fourth-order valence-corrected chi connectivity index (χ4v) is 3.75. The van der Waals surface area contributed by atoms with Gasteiger partial charge in [0.1, 0.15) is 5.75 Å². The van der Waals surface area contributed by atoms with E-state index in [1.54, 1.807) is 38.3 Å². The second-order valence-electron chi connectivity index (χ2n) is 6.67. The van der Waals surface area contributed by atoms with Crippen LogP contribution in [0.2, 0.25) is 5.02 Å². The average Bonchev–Trinajstić information content (AvgIpc) is 2.79. The molecule has 1 heterocycles. The van der Waals surface area contributed by atoms with Gasteiger partial charge in [0.05, 0.1) is 28.9 Å². The van der Waals surface area contributed by atoms with Crippen molar-refractivity contribution in [3.05, 3.63) is 77.3 Å². The molecule has 1 aromatic heterocycles. The summed E-state index contributed by atoms with van der Waals surface area (Å²) in [5, 5.41) is 3.79. The Morgan fingerprint density at radius 2 is 1.71 bits per heavy atom. The van der Waals surface area contributed by atoms with E-state index in [0.717, 1.165) is 15.9 Å². The summed E-state index contributed by atoms with van der Waals surface area (Å²) in [7, 11) is 1.60. The van der Waals surface area contributed by atoms with Crippen LogP contribution in [0.5, 0.6) is 5.75 Å². The number of carbonyl (C=O) groups is 1. The average molecular weight is 451 g/mol. The van der Waals surface area contributed by atoms with Crippen molar-refractivity contribution >= 4 is 57.7 Å². The Kier molecular flexibility index (Phi) is 6.25. The first kappa shape index (κ1) is 21.0. The van der Waals surface area contributed by atoms with E-state index >= 15 is 0 Å². The predicted molar refractivity (Wildman–Crippen MR) is 127 cm³/mol. The first-order valence-electron chi connectivity index (χ1n) is 9.44. The van der Waals surface area contributed by atoms with Gasteiger partial charge in [-0.15, -0.1) is 0 Å². The van der Waals surface area contributed by atoms with Gasteiger partial charge >= 0.3 is 0 Å². The highest BCUT2D eigenvalue weighted by atomic mass is 35.5. The Morgan fingerprint density at radius 1 is 0.968 bits per heavy atom. The Hall–Kier alpha value is -3.29. The molecule has 0 aliphatic heterocycles. The summed E-state index contributed by atoms with van der Waals surface area (Å²) >= 11 is 7.72. The number of Topliss-reactive ketones (excluding diaryl/α,β-unsaturated/α-hetero) is 1. The summed E-state index contributed by atoms with van der Waals surface area (Å²) in [6, 6.07) is 20.4. The lowest BCUT2D eigenvalue weighted by molar-refractivity contribution is 0.101. The lowest BCUT2D eigenvalue weighted by atomic mass is 10.2. The van der Waals surface area contributed by atoms with Crippen LogP contribution in [0.4, 0.5) is 17.3 Å². The van der Waals surface area contributed by atoms with E-state index in [0.29, 0.717) is 33.7 Å². The number of para-hydroxylation sites is 2. The monoisotopic (exact) mass is 450 g/mol. The summed E-state index contributed by atoms with van der Waals surface area (Å²) in [6.45, 7) is 1.55. The predicted octanol–water partition coefficient (Wildman–Crippen LogP) is 6.36. The van der Waals surface area contributed by atoms with Gasteiger partial charge in [-0.05, 0) is 55.3 Å². The van der Waals surface area contributed by atoms with Crippen molar-refractivity contribution in [2.75, 3.05) is 17.1 Å². The van der Waals surface area contributed by atoms with Crippen LogP contribution in [0.15, 0.2) is 71.6 Å². The van der Waals surface area contributed by atoms with Gasteiger partial charge in [0.15, 0.2) is 17.4 Å². The summed E-state index contributed by atoms with van der Waals surface area (Å²) in [5.74, 6) is 1.74. The fourth-order valence-electron chi connectivity index (χ4n) is 2.90. The van der Waals surface area contributed by atoms with Gasteiger partial charge in [-0.25, -0.2) is 9.97 Å². The molecule has 0 spiro atoms. The third kappa shape index (κ3) is 4.90. The molecule has 4 aromatic rings. The summed E-state index contributed by atoms with van der Waals surface area (Å²) in [6.07, 6.45) is 0. The molecule has 0 aliphatic rings. The lowest BCUT2D eigenvalue weighted by Crippen LogP contribution is -2.03. The molecule has 0 radical (unpaired) electrons. The minimum atomic E-state index is 0.0166. The number of nitrogens with one attached hydrogen (secondary N) is 2. The number of fused-ring (bicyclic) bond motifs is 1. The number of nitrogens with zero attached hydrogens (tertiary/aromatic N) is 2. The molecule has 31 heavy (non-hydrogen) atoms. The smallest absolute Gasteiger partial charge is 0.180 e. The molecule has 0 saturated heterocycles. The number of anilines is 3. The molecule has 0 saturated carbocycles. The highest BCUT2D eigenvalue weighted by Crippen LogP contribution is 2.33. The van der Waals surface area contributed by atoms with Gasteiger partial charge in [-0.2, -0.15) is 0 Å². The second-order valence-corrected chi connectivity index (χ2v) is 7.96. The van der Waals surface area contributed by atoms with Gasteiger partial charge in [-0.1, -0.05) is 35.9 Å². The lowest BCUT2D eigenvalue weighted by Gasteiger charge is -2.14. The normalized spacial score (nSPS) is 10.7. The van der Waals surface area contributed by atoms with Gasteiger partial charge in [-0.3, -0.25) is 4.79 Å². The Morgan fingerprint density at radius 3 is 2.42 bits per heavy atom. The number of ketones is 1. The molecule has 0 atom stereocenters. The van der Waals surface area contributed by atoms with Gasteiger partial charge in [0.2, 0.25) is 0 Å². The third-order valence-corrected chi connectivity index (χ3v) is 5.62. The molecule has 0 aliphatic carbocycles. The van der Waals surface area contributed by atoms with E-state index in [1.165, 1.54) is 11.9 Å². The van der Waals surface area contributed by atoms with Crippen LogP contribution in [-0.2, 0) is 0 Å². The van der Waals surface area contributed by atoms with Crippen molar-refractivity contribution in [2.45, 2.75) is 11.8 Å². The molecule has 3 aromatic carbocycles. The Bertz CT molecular complexity index is 1270. The number of methoxy groups -OCH3 is 1. The minimum absolute atomic E-state index is 0.0166. The Balaban J connectivity index is 1.68. The molecular weight excluding hydrogens is 432 g/mol. The number of benzene rings is 3. The molecule has 8 heteroatoms. The van der Waals surface area contributed by atoms with E-state index < -0.39 is 0 Å². The number of carbonyl (C=O) groups excluding carboxylic acids is 1. The van der Waals surface area contributed by atoms with E-state index in [1.807, 2.05) is 42.5 Å². The van der Waals surface area contributed by atoms with E-state index in [-0.39, 0.29) is 5.78 Å². The summed E-state index contributed by atoms with van der Waals surface area (Å²) < 4.78 is 8.55. The number of ether oxygens (including phenoxy) is 1. The van der Waals surface area contributed by atoms with Crippen molar-refractivity contribution in [2.24, 2.45) is 0 Å². The largest absolute Gasteiger partial charge is 0.497 e. The standard InChI is InChI=1S/C23H19ClN4O2S/c1-14(29)15-6-5-7-17(12-15)31-28-23-22(25-19-8-3-4-9-20(19)26-23)27-21-13-16(30-2)10-11-18(21)24/h3-13H,1-2H3,(H,25,27)(H,26,28). The zero-order valence-corrected chi connectivity index (χ0v) is 18.4. The molecule has 6 nitrogen and oxygen atoms in total.